The van der Waals surface area contributed by atoms with Crippen LogP contribution in [0.25, 0.3) is 0 Å². The minimum Gasteiger partial charge on any atom is -0.480 e. The van der Waals surface area contributed by atoms with Gasteiger partial charge in [0.05, 0.1) is 12.4 Å². The largest absolute Gasteiger partial charge is 0.480 e. The highest BCUT2D eigenvalue weighted by Crippen LogP contribution is 2.08. The second-order valence-electron chi connectivity index (χ2n) is 9.66. The maximum Gasteiger partial charge on any atom is 0.326 e. The lowest BCUT2D eigenvalue weighted by Crippen LogP contribution is -2.58. The van der Waals surface area contributed by atoms with Crippen LogP contribution in [0.2, 0.25) is 0 Å². The molecule has 11 N–H and O–H groups in total. The highest BCUT2D eigenvalue weighted by molar-refractivity contribution is 5.94. The van der Waals surface area contributed by atoms with Crippen LogP contribution < -0.4 is 33.2 Å². The molecule has 14 heteroatoms. The van der Waals surface area contributed by atoms with Crippen LogP contribution in [0.15, 0.2) is 17.5 Å². The average molecular weight is 524 g/mol. The van der Waals surface area contributed by atoms with Crippen molar-refractivity contribution in [3.8, 4) is 0 Å². The lowest BCUT2D eigenvalue weighted by Gasteiger charge is -2.27. The number of aromatic amines is 1. The van der Waals surface area contributed by atoms with Gasteiger partial charge in [-0.3, -0.25) is 19.4 Å². The van der Waals surface area contributed by atoms with Gasteiger partial charge in [0, 0.05) is 24.9 Å². The molecule has 0 fully saturated rings. The number of guanidine groups is 1. The minimum atomic E-state index is -1.24. The fourth-order valence-corrected chi connectivity index (χ4v) is 3.53. The van der Waals surface area contributed by atoms with Crippen molar-refractivity contribution in [2.24, 2.45) is 34.0 Å². The Balaban J connectivity index is 2.97. The van der Waals surface area contributed by atoms with Crippen molar-refractivity contribution < 1.29 is 24.3 Å². The van der Waals surface area contributed by atoms with E-state index < -0.39 is 47.9 Å². The Morgan fingerprint density at radius 3 is 2.19 bits per heavy atom. The van der Waals surface area contributed by atoms with Crippen molar-refractivity contribution >= 4 is 29.7 Å². The van der Waals surface area contributed by atoms with E-state index in [-0.39, 0.29) is 37.2 Å². The minimum absolute atomic E-state index is 0.0168. The first-order valence-electron chi connectivity index (χ1n) is 12.2. The average Bonchev–Trinajstić information content (AvgIpc) is 3.30. The summed E-state index contributed by atoms with van der Waals surface area (Å²) in [5.41, 5.74) is 17.2. The molecule has 1 aromatic rings. The van der Waals surface area contributed by atoms with Gasteiger partial charge >= 0.3 is 5.97 Å². The first kappa shape index (κ1) is 31.4. The number of carbonyl (C=O) groups is 4. The van der Waals surface area contributed by atoms with Gasteiger partial charge in [0.1, 0.15) is 18.1 Å². The number of rotatable bonds is 16. The van der Waals surface area contributed by atoms with E-state index >= 15 is 0 Å². The van der Waals surface area contributed by atoms with Crippen molar-refractivity contribution in [2.45, 2.75) is 77.5 Å². The number of nitrogens with two attached hydrogens (primary N) is 3. The summed E-state index contributed by atoms with van der Waals surface area (Å²) in [5, 5.41) is 17.3. The number of aliphatic imine (C=N–C) groups is 1. The van der Waals surface area contributed by atoms with E-state index in [0.29, 0.717) is 18.5 Å². The number of amides is 3. The number of aliphatic carboxylic acids is 1. The van der Waals surface area contributed by atoms with E-state index in [1.807, 2.05) is 13.8 Å². The van der Waals surface area contributed by atoms with E-state index in [1.54, 1.807) is 13.8 Å². The Morgan fingerprint density at radius 2 is 1.68 bits per heavy atom. The third-order valence-electron chi connectivity index (χ3n) is 5.48. The monoisotopic (exact) mass is 523 g/mol. The molecular weight excluding hydrogens is 482 g/mol. The van der Waals surface area contributed by atoms with Gasteiger partial charge in [0.15, 0.2) is 5.96 Å². The third-order valence-corrected chi connectivity index (χ3v) is 5.48. The third kappa shape index (κ3) is 11.7. The Kier molecular flexibility index (Phi) is 13.1. The number of H-pyrrole nitrogens is 1. The molecular formula is C23H41N9O5. The van der Waals surface area contributed by atoms with Crippen LogP contribution in [-0.4, -0.2) is 75.4 Å². The van der Waals surface area contributed by atoms with Crippen LogP contribution in [0, 0.1) is 11.8 Å². The van der Waals surface area contributed by atoms with Crippen LogP contribution in [-0.2, 0) is 25.6 Å². The Hall–Kier alpha value is -3.68. The molecule has 0 saturated heterocycles. The number of imidazole rings is 1. The summed E-state index contributed by atoms with van der Waals surface area (Å²) < 4.78 is 0. The molecule has 37 heavy (non-hydrogen) atoms. The van der Waals surface area contributed by atoms with E-state index in [2.05, 4.69) is 30.9 Å². The van der Waals surface area contributed by atoms with Gasteiger partial charge in [0.25, 0.3) is 0 Å². The number of nitrogens with one attached hydrogen (secondary N) is 4. The maximum atomic E-state index is 13.2. The number of carboxylic acids is 1. The summed E-state index contributed by atoms with van der Waals surface area (Å²) in [4.78, 5) is 61.1. The summed E-state index contributed by atoms with van der Waals surface area (Å²) in [6.45, 7) is 7.51. The number of aromatic nitrogens is 2. The van der Waals surface area contributed by atoms with Gasteiger partial charge < -0.3 is 43.2 Å². The standard InChI is InChI=1S/C23H41N9O5/c1-12(2)8-15(24)19(33)30-16(6-5-7-28-23(25)26)20(34)32-18(13(3)4)21(35)31-17(22(36)37)9-14-10-27-11-29-14/h10-13,15-18H,5-9,24H2,1-4H3,(H,27,29)(H,30,33)(H,31,35)(H,32,34)(H,36,37)(H4,25,26,28). The molecule has 208 valence electrons. The molecule has 14 nitrogen and oxygen atoms in total. The normalized spacial score (nSPS) is 14.4. The predicted octanol–water partition coefficient (Wildman–Crippen LogP) is -1.43. The second-order valence-corrected chi connectivity index (χ2v) is 9.66. The molecule has 4 unspecified atom stereocenters. The van der Waals surface area contributed by atoms with Crippen molar-refractivity contribution in [3.63, 3.8) is 0 Å². The highest BCUT2D eigenvalue weighted by atomic mass is 16.4. The summed E-state index contributed by atoms with van der Waals surface area (Å²) in [7, 11) is 0. The Labute approximate surface area is 216 Å². The number of hydrogen-bond donors (Lipinski definition) is 8. The summed E-state index contributed by atoms with van der Waals surface area (Å²) in [6, 6.07) is -4.11. The number of carbonyl (C=O) groups excluding carboxylic acids is 3. The molecule has 1 aromatic heterocycles. The number of hydrogen-bond acceptors (Lipinski definition) is 7. The zero-order valence-electron chi connectivity index (χ0n) is 21.9. The van der Waals surface area contributed by atoms with Gasteiger partial charge in [-0.15, -0.1) is 0 Å². The Morgan fingerprint density at radius 1 is 1.03 bits per heavy atom. The number of nitrogens with zero attached hydrogens (tertiary/aromatic N) is 2. The molecule has 3 amide bonds. The van der Waals surface area contributed by atoms with E-state index in [9.17, 15) is 24.3 Å². The van der Waals surface area contributed by atoms with Gasteiger partial charge in [0.2, 0.25) is 17.7 Å². The smallest absolute Gasteiger partial charge is 0.326 e. The fraction of sp³-hybridized carbons (Fsp3) is 0.652. The van der Waals surface area contributed by atoms with E-state index in [4.69, 9.17) is 17.2 Å². The summed E-state index contributed by atoms with van der Waals surface area (Å²) in [5.74, 6) is -3.31. The molecule has 0 spiro atoms. The van der Waals surface area contributed by atoms with Crippen molar-refractivity contribution in [1.82, 2.24) is 25.9 Å². The number of carboxylic acid groups (broad SMARTS) is 1. The highest BCUT2D eigenvalue weighted by Gasteiger charge is 2.32. The van der Waals surface area contributed by atoms with Gasteiger partial charge in [-0.1, -0.05) is 27.7 Å². The topological polar surface area (TPSA) is 244 Å². The predicted molar refractivity (Wildman–Crippen MR) is 138 cm³/mol. The van der Waals surface area contributed by atoms with Crippen molar-refractivity contribution in [2.75, 3.05) is 6.54 Å². The van der Waals surface area contributed by atoms with E-state index in [0.717, 1.165) is 0 Å². The molecule has 0 aliphatic rings. The van der Waals surface area contributed by atoms with Crippen LogP contribution in [0.5, 0.6) is 0 Å². The van der Waals surface area contributed by atoms with Crippen LogP contribution >= 0.6 is 0 Å². The van der Waals surface area contributed by atoms with Crippen LogP contribution in [0.1, 0.15) is 52.7 Å². The first-order valence-corrected chi connectivity index (χ1v) is 12.2. The first-order chi connectivity index (χ1) is 17.3. The van der Waals surface area contributed by atoms with Crippen molar-refractivity contribution in [1.29, 1.82) is 0 Å². The summed E-state index contributed by atoms with van der Waals surface area (Å²) >= 11 is 0. The molecule has 4 atom stereocenters. The molecule has 0 aliphatic carbocycles. The van der Waals surface area contributed by atoms with Crippen molar-refractivity contribution in [3.05, 3.63) is 18.2 Å². The molecule has 1 rings (SSSR count). The molecule has 0 aromatic carbocycles. The molecule has 0 saturated carbocycles. The lowest BCUT2D eigenvalue weighted by molar-refractivity contribution is -0.142. The van der Waals surface area contributed by atoms with E-state index in [1.165, 1.54) is 12.5 Å². The second kappa shape index (κ2) is 15.4. The molecule has 0 aliphatic heterocycles. The van der Waals surface area contributed by atoms with Gasteiger partial charge in [-0.05, 0) is 31.1 Å². The SMILES string of the molecule is CC(C)CC(N)C(=O)NC(CCCN=C(N)N)C(=O)NC(C(=O)NC(Cc1cnc[nH]1)C(=O)O)C(C)C. The summed E-state index contributed by atoms with van der Waals surface area (Å²) in [6.07, 6.45) is 3.84. The quantitative estimate of drug-likeness (QED) is 0.0718. The molecule has 0 radical (unpaired) electrons. The van der Waals surface area contributed by atoms with Crippen LogP contribution in [0.4, 0.5) is 0 Å². The molecule has 1 heterocycles. The zero-order valence-corrected chi connectivity index (χ0v) is 21.9. The fourth-order valence-electron chi connectivity index (χ4n) is 3.53. The zero-order chi connectivity index (χ0) is 28.1. The van der Waals surface area contributed by atoms with Crippen LogP contribution in [0.3, 0.4) is 0 Å². The molecule has 0 bridgehead atoms. The van der Waals surface area contributed by atoms with Gasteiger partial charge in [-0.25, -0.2) is 9.78 Å². The Bertz CT molecular complexity index is 914. The lowest BCUT2D eigenvalue weighted by atomic mass is 10.0. The maximum absolute atomic E-state index is 13.2. The van der Waals surface area contributed by atoms with Gasteiger partial charge in [-0.2, -0.15) is 0 Å².